The first-order valence-corrected chi connectivity index (χ1v) is 25.5. The molecular formula is C61H50F4N10O6. The number of ketones is 2. The molecular weight excluding hydrogens is 1040 g/mol. The van der Waals surface area contributed by atoms with Gasteiger partial charge in [-0.1, -0.05) is 50.6 Å². The van der Waals surface area contributed by atoms with Crippen LogP contribution in [0.25, 0.3) is 49.8 Å². The van der Waals surface area contributed by atoms with Crippen molar-refractivity contribution in [3.05, 3.63) is 211 Å². The summed E-state index contributed by atoms with van der Waals surface area (Å²) in [6.07, 6.45) is 1.37. The maximum absolute atomic E-state index is 14.2. The molecule has 11 rings (SSSR count). The van der Waals surface area contributed by atoms with Crippen molar-refractivity contribution in [1.82, 2.24) is 49.7 Å². The van der Waals surface area contributed by atoms with E-state index in [0.29, 0.717) is 85.6 Å². The van der Waals surface area contributed by atoms with E-state index in [2.05, 4.69) is 60.6 Å². The number of fused-ring (bicyclic) bond motifs is 4. The Morgan fingerprint density at radius 2 is 1.06 bits per heavy atom. The average Bonchev–Trinajstić information content (AvgIpc) is 3.91. The fourth-order valence-corrected chi connectivity index (χ4v) is 9.05. The van der Waals surface area contributed by atoms with Crippen molar-refractivity contribution in [3.8, 4) is 28.7 Å². The summed E-state index contributed by atoms with van der Waals surface area (Å²) in [5.74, 6) is 0.440. The summed E-state index contributed by atoms with van der Waals surface area (Å²) >= 11 is 0. The van der Waals surface area contributed by atoms with E-state index in [1.165, 1.54) is 12.4 Å². The van der Waals surface area contributed by atoms with E-state index in [1.54, 1.807) is 62.6 Å². The van der Waals surface area contributed by atoms with E-state index in [1.807, 2.05) is 66.2 Å². The van der Waals surface area contributed by atoms with Crippen LogP contribution in [0, 0.1) is 26.6 Å². The van der Waals surface area contributed by atoms with Gasteiger partial charge in [0.1, 0.15) is 51.3 Å². The number of pyridine rings is 4. The number of carbonyl (C=O) groups is 2. The molecule has 7 heterocycles. The van der Waals surface area contributed by atoms with E-state index in [4.69, 9.17) is 14.6 Å². The molecule has 408 valence electrons. The zero-order chi connectivity index (χ0) is 57.3. The first kappa shape index (κ1) is 54.5. The third-order valence-corrected chi connectivity index (χ3v) is 13.3. The van der Waals surface area contributed by atoms with Crippen molar-refractivity contribution >= 4 is 55.7 Å². The molecule has 11 aromatic rings. The number of hydrogen-bond donors (Lipinski definition) is 2. The molecule has 0 bridgehead atoms. The molecule has 7 aromatic heterocycles. The van der Waals surface area contributed by atoms with E-state index < -0.39 is 29.8 Å². The lowest BCUT2D eigenvalue weighted by Gasteiger charge is -2.14. The molecule has 0 radical (unpaired) electrons. The largest absolute Gasteiger partial charge is 0.454 e. The van der Waals surface area contributed by atoms with Crippen LogP contribution < -0.4 is 20.6 Å². The van der Waals surface area contributed by atoms with E-state index in [9.17, 15) is 36.7 Å². The number of nitrogens with zero attached hydrogens (tertiary/aromatic N) is 8. The summed E-state index contributed by atoms with van der Waals surface area (Å²) in [6.45, 7) is 11.6. The summed E-state index contributed by atoms with van der Waals surface area (Å²) < 4.78 is 67.5. The van der Waals surface area contributed by atoms with Crippen molar-refractivity contribution in [2.45, 2.75) is 78.8 Å². The van der Waals surface area contributed by atoms with Crippen LogP contribution in [-0.2, 0) is 46.9 Å². The molecule has 0 aliphatic rings. The van der Waals surface area contributed by atoms with Gasteiger partial charge in [-0.2, -0.15) is 18.3 Å². The van der Waals surface area contributed by atoms with Crippen molar-refractivity contribution < 1.29 is 36.6 Å². The molecule has 0 unspecified atom stereocenters. The number of carbonyl (C=O) groups excluding carboxylic acids is 2. The number of ether oxygens (including phenoxy) is 2. The highest BCUT2D eigenvalue weighted by Gasteiger charge is 2.31. The Morgan fingerprint density at radius 1 is 0.556 bits per heavy atom. The second-order valence-electron chi connectivity index (χ2n) is 20.4. The van der Waals surface area contributed by atoms with Gasteiger partial charge in [-0.25, -0.2) is 29.0 Å². The number of Topliss-reactive ketones (excluding diaryl/α,β-unsaturated/α-hetero) is 2. The Balaban J connectivity index is 0.000000183. The first-order chi connectivity index (χ1) is 38.7. The fourth-order valence-electron chi connectivity index (χ4n) is 9.05. The van der Waals surface area contributed by atoms with Crippen LogP contribution in [-0.4, -0.2) is 61.2 Å². The average molecular weight is 1100 g/mol. The van der Waals surface area contributed by atoms with Gasteiger partial charge in [-0.05, 0) is 110 Å². The third kappa shape index (κ3) is 11.9. The molecule has 16 nitrogen and oxygen atoms in total. The Hall–Kier alpha value is -9.85. The van der Waals surface area contributed by atoms with Gasteiger partial charge in [-0.3, -0.25) is 29.1 Å². The highest BCUT2D eigenvalue weighted by atomic mass is 19.4. The molecule has 0 amide bonds. The van der Waals surface area contributed by atoms with Crippen LogP contribution in [0.3, 0.4) is 0 Å². The molecule has 0 aliphatic heterocycles. The van der Waals surface area contributed by atoms with Gasteiger partial charge in [0.2, 0.25) is 0 Å². The molecule has 0 aliphatic carbocycles. The number of alkyl halides is 3. The lowest BCUT2D eigenvalue weighted by molar-refractivity contribution is -0.137. The second kappa shape index (κ2) is 22.1. The Morgan fingerprint density at radius 3 is 1.57 bits per heavy atom. The molecule has 81 heavy (non-hydrogen) atoms. The fraction of sp³-hybridized carbons (Fsp3) is 0.197. The molecule has 0 fully saturated rings. The van der Waals surface area contributed by atoms with E-state index >= 15 is 0 Å². The number of benzene rings is 4. The molecule has 0 spiro atoms. The number of halogens is 4. The number of rotatable bonds is 13. The number of hydrogen-bond acceptors (Lipinski definition) is 13. The Kier molecular flexibility index (Phi) is 14.9. The minimum atomic E-state index is -4.65. The van der Waals surface area contributed by atoms with Crippen molar-refractivity contribution in [2.75, 3.05) is 0 Å². The van der Waals surface area contributed by atoms with Crippen LogP contribution >= 0.6 is 0 Å². The van der Waals surface area contributed by atoms with Gasteiger partial charge >= 0.3 is 6.18 Å². The second-order valence-corrected chi connectivity index (χ2v) is 20.4. The zero-order valence-corrected chi connectivity index (χ0v) is 44.6. The maximum atomic E-state index is 14.2. The number of aromatic amines is 2. The smallest absolute Gasteiger partial charge is 0.416 e. The molecule has 0 saturated carbocycles. The number of aromatic nitrogens is 10. The van der Waals surface area contributed by atoms with Gasteiger partial charge in [0.15, 0.2) is 22.8 Å². The maximum Gasteiger partial charge on any atom is 0.416 e. The van der Waals surface area contributed by atoms with Gasteiger partial charge in [-0.15, -0.1) is 0 Å². The van der Waals surface area contributed by atoms with Crippen LogP contribution in [0.15, 0.2) is 144 Å². The van der Waals surface area contributed by atoms with Gasteiger partial charge < -0.3 is 19.4 Å². The summed E-state index contributed by atoms with van der Waals surface area (Å²) in [5, 5.41) is 6.21. The monoisotopic (exact) mass is 1090 g/mol. The van der Waals surface area contributed by atoms with Crippen LogP contribution in [0.1, 0.15) is 71.4 Å². The Bertz CT molecular complexity index is 4380. The van der Waals surface area contributed by atoms with E-state index in [0.717, 1.165) is 33.6 Å². The van der Waals surface area contributed by atoms with Crippen molar-refractivity contribution in [2.24, 2.45) is 0 Å². The van der Waals surface area contributed by atoms with Crippen LogP contribution in [0.2, 0.25) is 0 Å². The minimum Gasteiger partial charge on any atom is -0.454 e. The summed E-state index contributed by atoms with van der Waals surface area (Å²) in [7, 11) is 0. The van der Waals surface area contributed by atoms with Crippen LogP contribution in [0.4, 0.5) is 17.6 Å². The highest BCUT2D eigenvalue weighted by molar-refractivity contribution is 5.94. The highest BCUT2D eigenvalue weighted by Crippen LogP contribution is 2.36. The SMILES string of the molecule is Cc1ccc(-n2nc(C(C)(C)C)cc2CC(=O)Cc2ccc(Oc3ccnc4[nH]c(=O)c(C)nc34)c3cccnc23)cc1.Cc1nc2c(Oc3ccc(CC(=O)Cc4cc(C(F)(F)F)ccc4F)c4ncccc34)ccnc2[nH]c1=O. The number of nitrogens with one attached hydrogen (secondary N) is 2. The zero-order valence-electron chi connectivity index (χ0n) is 44.6. The predicted molar refractivity (Wildman–Crippen MR) is 297 cm³/mol. The number of aryl methyl sites for hydroxylation is 3. The molecule has 0 saturated heterocycles. The number of H-pyrrole nitrogens is 2. The Labute approximate surface area is 459 Å². The van der Waals surface area contributed by atoms with Crippen molar-refractivity contribution in [1.29, 1.82) is 0 Å². The van der Waals surface area contributed by atoms with Gasteiger partial charge in [0.25, 0.3) is 11.1 Å². The molecule has 20 heteroatoms. The standard InChI is InChI=1S/C34H32N6O3.C27H18F4N4O3/c1-20-8-11-23(12-9-20)40-24(19-29(39-40)34(3,4)5)18-25(41)17-22-10-13-27(26-7-6-15-35-30(22)26)43-28-14-16-36-32-31(28)37-21(2)33(42)38-32;1-14-26(37)35-25-24(34-14)22(8-10-33-25)38-21-7-4-15(23-19(21)3-2-9-32-23)12-18(36)13-16-11-17(27(29,30)31)5-6-20(16)28/h6-16,19H,17-18H2,1-5H3,(H,36,38,42);2-11H,12-13H2,1H3,(H,33,35,37). The molecule has 0 atom stereocenters. The predicted octanol–water partition coefficient (Wildman–Crippen LogP) is 11.6. The normalized spacial score (nSPS) is 11.7. The lowest BCUT2D eigenvalue weighted by atomic mass is 9.92. The molecule has 4 aromatic carbocycles. The van der Waals surface area contributed by atoms with Gasteiger partial charge in [0.05, 0.1) is 33.7 Å². The summed E-state index contributed by atoms with van der Waals surface area (Å²) in [6, 6.07) is 29.6. The third-order valence-electron chi connectivity index (χ3n) is 13.3. The molecule has 2 N–H and O–H groups in total. The minimum absolute atomic E-state index is 0.0538. The van der Waals surface area contributed by atoms with Crippen molar-refractivity contribution in [3.63, 3.8) is 0 Å². The topological polar surface area (TPSA) is 213 Å². The lowest BCUT2D eigenvalue weighted by Crippen LogP contribution is -2.13. The quantitative estimate of drug-likeness (QED) is 0.103. The first-order valence-electron chi connectivity index (χ1n) is 25.5. The van der Waals surface area contributed by atoms with Gasteiger partial charge in [0, 0.05) is 78.8 Å². The van der Waals surface area contributed by atoms with Crippen LogP contribution in [0.5, 0.6) is 23.0 Å². The summed E-state index contributed by atoms with van der Waals surface area (Å²) in [5.41, 5.74) is 6.12. The summed E-state index contributed by atoms with van der Waals surface area (Å²) in [4.78, 5) is 81.6. The van der Waals surface area contributed by atoms with E-state index in [-0.39, 0.29) is 58.5 Å².